The quantitative estimate of drug-likeness (QED) is 0.353. The molecule has 9 heteroatoms. The van der Waals surface area contributed by atoms with E-state index in [2.05, 4.69) is 9.97 Å². The first-order valence-electron chi connectivity index (χ1n) is 9.81. The molecular formula is C22H20ClFN4O2S. The second kappa shape index (κ2) is 9.45. The summed E-state index contributed by atoms with van der Waals surface area (Å²) in [5.74, 6) is -0.0545. The van der Waals surface area contributed by atoms with E-state index in [1.165, 1.54) is 23.5 Å². The van der Waals surface area contributed by atoms with Crippen LogP contribution in [0.4, 0.5) is 9.52 Å². The lowest BCUT2D eigenvalue weighted by Gasteiger charge is -2.20. The number of nitrogens with zero attached hydrogens (tertiary/aromatic N) is 4. The number of benzene rings is 2. The van der Waals surface area contributed by atoms with Crippen LogP contribution >= 0.6 is 22.9 Å². The Labute approximate surface area is 187 Å². The summed E-state index contributed by atoms with van der Waals surface area (Å²) in [6.07, 6.45) is 6.00. The number of thiazole rings is 1. The highest BCUT2D eigenvalue weighted by Crippen LogP contribution is 2.33. The molecule has 6 nitrogen and oxygen atoms in total. The number of hydrogen-bond donors (Lipinski definition) is 0. The maximum atomic E-state index is 13.5. The van der Waals surface area contributed by atoms with Gasteiger partial charge in [0.05, 0.1) is 33.7 Å². The first kappa shape index (κ1) is 21.3. The molecule has 0 radical (unpaired) electrons. The maximum absolute atomic E-state index is 13.5. The molecule has 1 amide bonds. The fraction of sp³-hybridized carbons (Fsp3) is 0.227. The van der Waals surface area contributed by atoms with Crippen LogP contribution in [-0.2, 0) is 6.54 Å². The molecule has 4 aromatic rings. The number of ether oxygens (including phenoxy) is 1. The Bertz CT molecular complexity index is 1200. The van der Waals surface area contributed by atoms with Gasteiger partial charge in [-0.3, -0.25) is 9.69 Å². The van der Waals surface area contributed by atoms with Crippen molar-refractivity contribution in [2.75, 3.05) is 18.1 Å². The molecule has 0 saturated carbocycles. The Balaban J connectivity index is 1.65. The predicted molar refractivity (Wildman–Crippen MR) is 121 cm³/mol. The molecule has 2 aromatic heterocycles. The van der Waals surface area contributed by atoms with Gasteiger partial charge >= 0.3 is 0 Å². The monoisotopic (exact) mass is 458 g/mol. The number of carbonyl (C=O) groups is 1. The highest BCUT2D eigenvalue weighted by Gasteiger charge is 2.23. The third-order valence-corrected chi connectivity index (χ3v) is 6.01. The van der Waals surface area contributed by atoms with E-state index in [1.807, 2.05) is 35.9 Å². The summed E-state index contributed by atoms with van der Waals surface area (Å²) in [6.45, 7) is 3.61. The van der Waals surface area contributed by atoms with Gasteiger partial charge in [0.1, 0.15) is 11.6 Å². The zero-order chi connectivity index (χ0) is 21.8. The van der Waals surface area contributed by atoms with Crippen molar-refractivity contribution in [3.05, 3.63) is 71.5 Å². The largest absolute Gasteiger partial charge is 0.494 e. The summed E-state index contributed by atoms with van der Waals surface area (Å²) < 4.78 is 21.9. The highest BCUT2D eigenvalue weighted by atomic mass is 35.5. The van der Waals surface area contributed by atoms with Crippen molar-refractivity contribution in [3.8, 4) is 5.75 Å². The third-order valence-electron chi connectivity index (χ3n) is 4.65. The van der Waals surface area contributed by atoms with Crippen LogP contribution in [0.1, 0.15) is 23.7 Å². The molecule has 0 N–H and O–H groups in total. The number of carbonyl (C=O) groups excluding carboxylic acids is 1. The van der Waals surface area contributed by atoms with Gasteiger partial charge in [0.25, 0.3) is 5.91 Å². The molecule has 2 heterocycles. The third kappa shape index (κ3) is 4.86. The van der Waals surface area contributed by atoms with E-state index in [-0.39, 0.29) is 16.5 Å². The number of fused-ring (bicyclic) bond motifs is 1. The zero-order valence-corrected chi connectivity index (χ0v) is 18.4. The zero-order valence-electron chi connectivity index (χ0n) is 16.8. The SMILES string of the molecule is CCOc1ccc2nc(N(CCCn3ccnc3)C(=O)c3ccc(F)cc3Cl)sc2c1. The predicted octanol–water partition coefficient (Wildman–Crippen LogP) is 5.42. The van der Waals surface area contributed by atoms with Crippen molar-refractivity contribution in [1.82, 2.24) is 14.5 Å². The number of aryl methyl sites for hydroxylation is 1. The van der Waals surface area contributed by atoms with Crippen LogP contribution < -0.4 is 9.64 Å². The fourth-order valence-corrected chi connectivity index (χ4v) is 4.45. The van der Waals surface area contributed by atoms with Gasteiger partial charge in [0, 0.05) is 25.5 Å². The number of anilines is 1. The number of amides is 1. The standard InChI is InChI=1S/C22H20ClFN4O2S/c1-2-30-16-5-7-19-20(13-16)31-22(26-19)28(10-3-9-27-11-8-25-14-27)21(29)17-6-4-15(24)12-18(17)23/h4-8,11-14H,2-3,9-10H2,1H3. The van der Waals surface area contributed by atoms with Gasteiger partial charge in [-0.1, -0.05) is 22.9 Å². The van der Waals surface area contributed by atoms with Crippen molar-refractivity contribution < 1.29 is 13.9 Å². The van der Waals surface area contributed by atoms with Crippen molar-refractivity contribution in [1.29, 1.82) is 0 Å². The van der Waals surface area contributed by atoms with Crippen molar-refractivity contribution in [3.63, 3.8) is 0 Å². The Kier molecular flexibility index (Phi) is 6.48. The molecule has 0 saturated heterocycles. The van der Waals surface area contributed by atoms with Crippen molar-refractivity contribution in [2.45, 2.75) is 19.9 Å². The van der Waals surface area contributed by atoms with Gasteiger partial charge in [-0.15, -0.1) is 0 Å². The summed E-state index contributed by atoms with van der Waals surface area (Å²) in [4.78, 5) is 23.7. The molecule has 0 aliphatic carbocycles. The lowest BCUT2D eigenvalue weighted by molar-refractivity contribution is 0.0986. The Morgan fingerprint density at radius 3 is 2.90 bits per heavy atom. The van der Waals surface area contributed by atoms with Crippen LogP contribution in [0.25, 0.3) is 10.2 Å². The first-order valence-corrected chi connectivity index (χ1v) is 11.0. The Morgan fingerprint density at radius 1 is 1.29 bits per heavy atom. The number of rotatable bonds is 8. The molecule has 0 fully saturated rings. The summed E-state index contributed by atoms with van der Waals surface area (Å²) in [5, 5.41) is 0.629. The van der Waals surface area contributed by atoms with E-state index in [9.17, 15) is 9.18 Å². The average molecular weight is 459 g/mol. The molecule has 0 aliphatic heterocycles. The van der Waals surface area contributed by atoms with Gasteiger partial charge in [0.15, 0.2) is 5.13 Å². The van der Waals surface area contributed by atoms with E-state index in [1.54, 1.807) is 17.4 Å². The molecule has 0 unspecified atom stereocenters. The molecule has 0 spiro atoms. The van der Waals surface area contributed by atoms with Gasteiger partial charge in [-0.05, 0) is 49.7 Å². The second-order valence-electron chi connectivity index (χ2n) is 6.79. The summed E-state index contributed by atoms with van der Waals surface area (Å²) in [6, 6.07) is 9.43. The van der Waals surface area contributed by atoms with E-state index in [0.717, 1.165) is 22.0 Å². The van der Waals surface area contributed by atoms with Gasteiger partial charge in [-0.25, -0.2) is 14.4 Å². The van der Waals surface area contributed by atoms with Gasteiger partial charge < -0.3 is 9.30 Å². The van der Waals surface area contributed by atoms with Crippen molar-refractivity contribution >= 4 is 44.2 Å². The molecule has 0 atom stereocenters. The van der Waals surface area contributed by atoms with E-state index in [0.29, 0.717) is 31.2 Å². The average Bonchev–Trinajstić information content (AvgIpc) is 3.40. The minimum Gasteiger partial charge on any atom is -0.494 e. The van der Waals surface area contributed by atoms with Crippen LogP contribution in [-0.4, -0.2) is 33.6 Å². The van der Waals surface area contributed by atoms with Crippen LogP contribution in [0, 0.1) is 5.82 Å². The van der Waals surface area contributed by atoms with Crippen LogP contribution in [0.15, 0.2) is 55.1 Å². The summed E-state index contributed by atoms with van der Waals surface area (Å²) >= 11 is 7.58. The minimum atomic E-state index is -0.489. The molecule has 160 valence electrons. The van der Waals surface area contributed by atoms with Crippen LogP contribution in [0.5, 0.6) is 5.75 Å². The first-order chi connectivity index (χ1) is 15.0. The molecule has 2 aromatic carbocycles. The van der Waals surface area contributed by atoms with Crippen molar-refractivity contribution in [2.24, 2.45) is 0 Å². The topological polar surface area (TPSA) is 60.2 Å². The maximum Gasteiger partial charge on any atom is 0.261 e. The molecule has 31 heavy (non-hydrogen) atoms. The Hall–Kier alpha value is -2.97. The second-order valence-corrected chi connectivity index (χ2v) is 8.21. The lowest BCUT2D eigenvalue weighted by atomic mass is 10.2. The van der Waals surface area contributed by atoms with E-state index >= 15 is 0 Å². The molecule has 0 bridgehead atoms. The number of hydrogen-bond acceptors (Lipinski definition) is 5. The normalized spacial score (nSPS) is 11.1. The number of halogens is 2. The fourth-order valence-electron chi connectivity index (χ4n) is 3.19. The molecular weight excluding hydrogens is 439 g/mol. The number of imidazole rings is 1. The lowest BCUT2D eigenvalue weighted by Crippen LogP contribution is -2.32. The molecule has 0 aliphatic rings. The van der Waals surface area contributed by atoms with Gasteiger partial charge in [0.2, 0.25) is 0 Å². The van der Waals surface area contributed by atoms with E-state index in [4.69, 9.17) is 16.3 Å². The number of aromatic nitrogens is 3. The molecule has 4 rings (SSSR count). The van der Waals surface area contributed by atoms with Gasteiger partial charge in [-0.2, -0.15) is 0 Å². The van der Waals surface area contributed by atoms with E-state index < -0.39 is 5.82 Å². The van der Waals surface area contributed by atoms with Crippen LogP contribution in [0.3, 0.4) is 0 Å². The smallest absolute Gasteiger partial charge is 0.261 e. The van der Waals surface area contributed by atoms with Crippen LogP contribution in [0.2, 0.25) is 5.02 Å². The summed E-state index contributed by atoms with van der Waals surface area (Å²) in [5.41, 5.74) is 1.01. The Morgan fingerprint density at radius 2 is 2.16 bits per heavy atom. The highest BCUT2D eigenvalue weighted by molar-refractivity contribution is 7.22. The summed E-state index contributed by atoms with van der Waals surface area (Å²) in [7, 11) is 0. The minimum absolute atomic E-state index is 0.0735.